The van der Waals surface area contributed by atoms with Gasteiger partial charge in [-0.25, -0.2) is 0 Å². The summed E-state index contributed by atoms with van der Waals surface area (Å²) in [6, 6.07) is 0. The molecule has 0 aliphatic carbocycles. The van der Waals surface area contributed by atoms with Gasteiger partial charge in [-0.2, -0.15) is 0 Å². The van der Waals surface area contributed by atoms with Gasteiger partial charge >= 0.3 is 5.97 Å². The summed E-state index contributed by atoms with van der Waals surface area (Å²) in [4.78, 5) is 24.3. The van der Waals surface area contributed by atoms with Crippen molar-refractivity contribution < 1.29 is 14.7 Å². The molecule has 0 bridgehead atoms. The second-order valence-electron chi connectivity index (χ2n) is 4.49. The Bertz CT molecular complexity index is 265. The van der Waals surface area contributed by atoms with Crippen LogP contribution < -0.4 is 0 Å². The second-order valence-corrected chi connectivity index (χ2v) is 4.49. The number of nitrogens with zero attached hydrogens (tertiary/aromatic N) is 1. The van der Waals surface area contributed by atoms with Gasteiger partial charge in [0.25, 0.3) is 0 Å². The molecule has 1 saturated heterocycles. The summed E-state index contributed by atoms with van der Waals surface area (Å²) in [5, 5.41) is 9.11. The molecule has 1 fully saturated rings. The van der Waals surface area contributed by atoms with Gasteiger partial charge in [0.05, 0.1) is 5.41 Å². The maximum atomic E-state index is 11.5. The van der Waals surface area contributed by atoms with Crippen LogP contribution in [0.1, 0.15) is 39.5 Å². The number of piperidine rings is 1. The van der Waals surface area contributed by atoms with Crippen LogP contribution in [0.2, 0.25) is 0 Å². The van der Waals surface area contributed by atoms with Gasteiger partial charge in [0.2, 0.25) is 5.91 Å². The fourth-order valence-electron chi connectivity index (χ4n) is 1.78. The maximum Gasteiger partial charge on any atom is 0.311 e. The standard InChI is InChI=1S/C11H19NO3/c1-3-11(2,10(14)15)8-12-7-5-4-6-9(12)13/h3-8H2,1-2H3,(H,14,15). The molecule has 1 aliphatic heterocycles. The Labute approximate surface area is 90.3 Å². The topological polar surface area (TPSA) is 57.6 Å². The van der Waals surface area contributed by atoms with E-state index in [2.05, 4.69) is 0 Å². The third kappa shape index (κ3) is 2.70. The number of rotatable bonds is 4. The zero-order valence-corrected chi connectivity index (χ0v) is 9.45. The van der Waals surface area contributed by atoms with Gasteiger partial charge in [-0.3, -0.25) is 9.59 Å². The molecule has 86 valence electrons. The van der Waals surface area contributed by atoms with Crippen LogP contribution in [0.15, 0.2) is 0 Å². The van der Waals surface area contributed by atoms with Crippen molar-refractivity contribution in [3.8, 4) is 0 Å². The molecular formula is C11H19NO3. The molecule has 1 unspecified atom stereocenters. The van der Waals surface area contributed by atoms with Crippen molar-refractivity contribution >= 4 is 11.9 Å². The van der Waals surface area contributed by atoms with E-state index in [-0.39, 0.29) is 5.91 Å². The molecule has 1 aliphatic rings. The Morgan fingerprint density at radius 1 is 1.53 bits per heavy atom. The first-order valence-corrected chi connectivity index (χ1v) is 5.51. The van der Waals surface area contributed by atoms with Crippen LogP contribution >= 0.6 is 0 Å². The molecule has 1 heterocycles. The number of likely N-dealkylation sites (tertiary alicyclic amines) is 1. The van der Waals surface area contributed by atoms with Gasteiger partial charge in [-0.15, -0.1) is 0 Å². The average molecular weight is 213 g/mol. The summed E-state index contributed by atoms with van der Waals surface area (Å²) in [7, 11) is 0. The highest BCUT2D eigenvalue weighted by atomic mass is 16.4. The average Bonchev–Trinajstić information content (AvgIpc) is 2.21. The van der Waals surface area contributed by atoms with E-state index in [1.807, 2.05) is 6.92 Å². The van der Waals surface area contributed by atoms with Crippen molar-refractivity contribution in [1.82, 2.24) is 4.90 Å². The summed E-state index contributed by atoms with van der Waals surface area (Å²) in [5.41, 5.74) is -0.799. The largest absolute Gasteiger partial charge is 0.481 e. The molecule has 0 aromatic carbocycles. The Kier molecular flexibility index (Phi) is 3.72. The molecule has 1 N–H and O–H groups in total. The van der Waals surface area contributed by atoms with Crippen LogP contribution in [0.25, 0.3) is 0 Å². The minimum absolute atomic E-state index is 0.0992. The van der Waals surface area contributed by atoms with Crippen LogP contribution in [-0.4, -0.2) is 35.0 Å². The lowest BCUT2D eigenvalue weighted by atomic mass is 9.86. The molecular weight excluding hydrogens is 194 g/mol. The molecule has 4 heteroatoms. The van der Waals surface area contributed by atoms with Crippen LogP contribution in [-0.2, 0) is 9.59 Å². The van der Waals surface area contributed by atoms with Crippen LogP contribution in [0, 0.1) is 5.41 Å². The minimum Gasteiger partial charge on any atom is -0.481 e. The fourth-order valence-corrected chi connectivity index (χ4v) is 1.78. The van der Waals surface area contributed by atoms with Crippen molar-refractivity contribution in [2.45, 2.75) is 39.5 Å². The van der Waals surface area contributed by atoms with E-state index in [9.17, 15) is 9.59 Å². The first-order chi connectivity index (χ1) is 6.99. The van der Waals surface area contributed by atoms with Crippen LogP contribution in [0.4, 0.5) is 0 Å². The van der Waals surface area contributed by atoms with E-state index in [0.717, 1.165) is 12.8 Å². The molecule has 1 atom stereocenters. The summed E-state index contributed by atoms with van der Waals surface area (Å²) in [6.07, 6.45) is 3.04. The number of carboxylic acids is 1. The number of carbonyl (C=O) groups excluding carboxylic acids is 1. The summed E-state index contributed by atoms with van der Waals surface area (Å²) in [5.74, 6) is -0.717. The quantitative estimate of drug-likeness (QED) is 0.770. The monoisotopic (exact) mass is 213 g/mol. The minimum atomic E-state index is -0.816. The van der Waals surface area contributed by atoms with E-state index in [1.165, 1.54) is 0 Å². The van der Waals surface area contributed by atoms with Crippen molar-refractivity contribution in [3.63, 3.8) is 0 Å². The molecule has 1 amide bonds. The SMILES string of the molecule is CCC(C)(CN1CCCCC1=O)C(=O)O. The molecule has 0 saturated carbocycles. The normalized spacial score (nSPS) is 21.2. The van der Waals surface area contributed by atoms with E-state index < -0.39 is 11.4 Å². The number of aliphatic carboxylic acids is 1. The Morgan fingerprint density at radius 3 is 2.67 bits per heavy atom. The Hall–Kier alpha value is -1.06. The third-order valence-electron chi connectivity index (χ3n) is 3.26. The summed E-state index contributed by atoms with van der Waals surface area (Å²) >= 11 is 0. The van der Waals surface area contributed by atoms with Crippen molar-refractivity contribution in [3.05, 3.63) is 0 Å². The van der Waals surface area contributed by atoms with Gasteiger partial charge in [-0.1, -0.05) is 6.92 Å². The maximum absolute atomic E-state index is 11.5. The van der Waals surface area contributed by atoms with E-state index >= 15 is 0 Å². The predicted octanol–water partition coefficient (Wildman–Crippen LogP) is 1.50. The number of hydrogen-bond donors (Lipinski definition) is 1. The highest BCUT2D eigenvalue weighted by molar-refractivity contribution is 5.79. The Balaban J connectivity index is 2.65. The highest BCUT2D eigenvalue weighted by Crippen LogP contribution is 2.25. The van der Waals surface area contributed by atoms with Gasteiger partial charge < -0.3 is 10.0 Å². The smallest absolute Gasteiger partial charge is 0.311 e. The first kappa shape index (κ1) is 12.0. The van der Waals surface area contributed by atoms with Gasteiger partial charge in [-0.05, 0) is 26.2 Å². The van der Waals surface area contributed by atoms with E-state index in [0.29, 0.717) is 25.9 Å². The lowest BCUT2D eigenvalue weighted by molar-refractivity contribution is -0.151. The molecule has 4 nitrogen and oxygen atoms in total. The fraction of sp³-hybridized carbons (Fsp3) is 0.818. The van der Waals surface area contributed by atoms with Crippen molar-refractivity contribution in [2.24, 2.45) is 5.41 Å². The number of carboxylic acid groups (broad SMARTS) is 1. The lowest BCUT2D eigenvalue weighted by Crippen LogP contribution is -2.45. The van der Waals surface area contributed by atoms with Gasteiger partial charge in [0.1, 0.15) is 0 Å². The van der Waals surface area contributed by atoms with Gasteiger partial charge in [0.15, 0.2) is 0 Å². The molecule has 0 radical (unpaired) electrons. The number of hydrogen-bond acceptors (Lipinski definition) is 2. The second kappa shape index (κ2) is 4.64. The third-order valence-corrected chi connectivity index (χ3v) is 3.26. The zero-order chi connectivity index (χ0) is 11.5. The summed E-state index contributed by atoms with van der Waals surface area (Å²) in [6.45, 7) is 4.61. The van der Waals surface area contributed by atoms with Crippen LogP contribution in [0.3, 0.4) is 0 Å². The lowest BCUT2D eigenvalue weighted by Gasteiger charge is -2.34. The summed E-state index contributed by atoms with van der Waals surface area (Å²) < 4.78 is 0. The predicted molar refractivity (Wildman–Crippen MR) is 56.5 cm³/mol. The zero-order valence-electron chi connectivity index (χ0n) is 9.45. The molecule has 15 heavy (non-hydrogen) atoms. The number of carbonyl (C=O) groups is 2. The first-order valence-electron chi connectivity index (χ1n) is 5.51. The van der Waals surface area contributed by atoms with E-state index in [1.54, 1.807) is 11.8 Å². The highest BCUT2D eigenvalue weighted by Gasteiger charge is 2.35. The van der Waals surface area contributed by atoms with Gasteiger partial charge in [0, 0.05) is 19.5 Å². The number of amides is 1. The molecule has 0 aromatic rings. The van der Waals surface area contributed by atoms with Crippen molar-refractivity contribution in [2.75, 3.05) is 13.1 Å². The molecule has 0 aromatic heterocycles. The van der Waals surface area contributed by atoms with Crippen molar-refractivity contribution in [1.29, 1.82) is 0 Å². The van der Waals surface area contributed by atoms with E-state index in [4.69, 9.17) is 5.11 Å². The Morgan fingerprint density at radius 2 is 2.20 bits per heavy atom. The van der Waals surface area contributed by atoms with Crippen LogP contribution in [0.5, 0.6) is 0 Å². The molecule has 1 rings (SSSR count). The molecule has 0 spiro atoms.